The highest BCUT2D eigenvalue weighted by Crippen LogP contribution is 2.75. The van der Waals surface area contributed by atoms with Crippen LogP contribution in [0, 0.1) is 58.2 Å². The van der Waals surface area contributed by atoms with Gasteiger partial charge in [-0.1, -0.05) is 31.9 Å². The number of aliphatic carboxylic acids is 1. The molecule has 3 amide bonds. The van der Waals surface area contributed by atoms with Crippen LogP contribution in [0.15, 0.2) is 57.5 Å². The van der Waals surface area contributed by atoms with E-state index in [0.29, 0.717) is 11.8 Å². The van der Waals surface area contributed by atoms with Crippen LogP contribution in [0.4, 0.5) is 11.4 Å². The Balaban J connectivity index is 0.000000142. The summed E-state index contributed by atoms with van der Waals surface area (Å²) < 4.78 is 1.92. The first-order chi connectivity index (χ1) is 21.1. The lowest BCUT2D eigenvalue weighted by atomic mass is 9.78. The van der Waals surface area contributed by atoms with Gasteiger partial charge in [0.25, 0.3) is 0 Å². The number of primary amides is 1. The summed E-state index contributed by atoms with van der Waals surface area (Å²) in [6, 6.07) is 14.9. The van der Waals surface area contributed by atoms with E-state index in [0.717, 1.165) is 71.7 Å². The van der Waals surface area contributed by atoms with Gasteiger partial charge in [-0.25, -0.2) is 0 Å². The van der Waals surface area contributed by atoms with Crippen LogP contribution in [0.5, 0.6) is 0 Å². The Labute approximate surface area is 273 Å². The van der Waals surface area contributed by atoms with Crippen LogP contribution in [-0.2, 0) is 19.2 Å². The summed E-state index contributed by atoms with van der Waals surface area (Å²) in [4.78, 5) is 49.2. The first-order valence-corrected chi connectivity index (χ1v) is 17.3. The molecular formula is C34H37Br2N3O5. The lowest BCUT2D eigenvalue weighted by Gasteiger charge is -2.27. The highest BCUT2D eigenvalue weighted by Gasteiger charge is 2.72. The lowest BCUT2D eigenvalue weighted by molar-refractivity contribution is -0.148. The average Bonchev–Trinajstić information content (AvgIpc) is 3.86. The molecule has 6 aliphatic carbocycles. The second kappa shape index (κ2) is 11.0. The van der Waals surface area contributed by atoms with E-state index < -0.39 is 11.9 Å². The Hall–Kier alpha value is -2.72. The minimum atomic E-state index is -0.797. The van der Waals surface area contributed by atoms with Crippen molar-refractivity contribution >= 4 is 66.9 Å². The molecule has 10 heteroatoms. The van der Waals surface area contributed by atoms with Crippen LogP contribution in [0.25, 0.3) is 0 Å². The van der Waals surface area contributed by atoms with E-state index in [-0.39, 0.29) is 58.1 Å². The zero-order chi connectivity index (χ0) is 31.0. The average molecular weight is 727 g/mol. The van der Waals surface area contributed by atoms with Crippen molar-refractivity contribution in [3.05, 3.63) is 57.5 Å². The van der Waals surface area contributed by atoms with Crippen LogP contribution in [0.1, 0.15) is 51.4 Å². The Morgan fingerprint density at radius 2 is 0.955 bits per heavy atom. The summed E-state index contributed by atoms with van der Waals surface area (Å²) in [6.07, 6.45) is 8.63. The van der Waals surface area contributed by atoms with Crippen molar-refractivity contribution in [1.29, 1.82) is 0 Å². The summed E-state index contributed by atoms with van der Waals surface area (Å²) in [6.45, 7) is 0. The summed E-state index contributed by atoms with van der Waals surface area (Å²) in [5, 5.41) is 15.5. The van der Waals surface area contributed by atoms with Crippen molar-refractivity contribution in [2.24, 2.45) is 63.9 Å². The number of anilines is 2. The molecule has 8 unspecified atom stereocenters. The van der Waals surface area contributed by atoms with E-state index >= 15 is 0 Å². The Bertz CT molecular complexity index is 1390. The fourth-order valence-electron chi connectivity index (χ4n) is 10.2. The Morgan fingerprint density at radius 3 is 1.30 bits per heavy atom. The monoisotopic (exact) mass is 725 g/mol. The fraction of sp³-hybridized carbons (Fsp3) is 0.529. The molecule has 4 bridgehead atoms. The van der Waals surface area contributed by atoms with Gasteiger partial charge in [0.2, 0.25) is 17.7 Å². The predicted octanol–water partition coefficient (Wildman–Crippen LogP) is 6.45. The van der Waals surface area contributed by atoms with E-state index in [4.69, 9.17) is 5.73 Å². The molecule has 0 saturated heterocycles. The number of carboxylic acid groups (broad SMARTS) is 1. The summed E-state index contributed by atoms with van der Waals surface area (Å²) in [5.74, 6) is -1.52. The zero-order valence-electron chi connectivity index (χ0n) is 24.3. The van der Waals surface area contributed by atoms with Crippen molar-refractivity contribution in [3.63, 3.8) is 0 Å². The van der Waals surface area contributed by atoms with Gasteiger partial charge in [-0.2, -0.15) is 0 Å². The van der Waals surface area contributed by atoms with Crippen molar-refractivity contribution in [3.8, 4) is 0 Å². The maximum atomic E-state index is 12.8. The minimum Gasteiger partial charge on any atom is -0.481 e. The normalized spacial score (nSPS) is 33.9. The number of carbonyl (C=O) groups excluding carboxylic acids is 3. The molecule has 44 heavy (non-hydrogen) atoms. The molecule has 8 rings (SSSR count). The minimum absolute atomic E-state index is 0.0374. The summed E-state index contributed by atoms with van der Waals surface area (Å²) >= 11 is 6.75. The van der Waals surface area contributed by atoms with Gasteiger partial charge >= 0.3 is 5.97 Å². The van der Waals surface area contributed by atoms with Crippen molar-refractivity contribution in [1.82, 2.24) is 0 Å². The van der Waals surface area contributed by atoms with Crippen LogP contribution < -0.4 is 16.4 Å². The second-order valence-electron chi connectivity index (χ2n) is 13.9. The number of hydrogen-bond acceptors (Lipinski definition) is 4. The first kappa shape index (κ1) is 30.0. The van der Waals surface area contributed by atoms with Crippen LogP contribution >= 0.6 is 31.9 Å². The standard InChI is InChI=1S/C17H19BrN2O2.C17H18BrNO3/c18-9-1-3-10(4-2-9)20-16(22)14-12-6-5-11(13(14)15(19)21)17(12)7-8-17;18-9-1-3-10(4-2-9)19-15(20)13-11-5-6-12(14(13)16(21)22)17(11)7-8-17/h1-4,11-14H,5-8H2,(H2,19,21)(H,20,22);1-4,11-14H,5-8H2,(H,19,20)(H,21,22). The van der Waals surface area contributed by atoms with E-state index in [1.165, 1.54) is 0 Å². The van der Waals surface area contributed by atoms with Crippen molar-refractivity contribution in [2.75, 3.05) is 10.6 Å². The third kappa shape index (κ3) is 4.82. The molecule has 232 valence electrons. The number of rotatable bonds is 6. The Morgan fingerprint density at radius 1 is 0.614 bits per heavy atom. The molecule has 6 fully saturated rings. The number of carboxylic acids is 1. The molecule has 5 N–H and O–H groups in total. The molecule has 8 nitrogen and oxygen atoms in total. The maximum Gasteiger partial charge on any atom is 0.307 e. The molecule has 2 aromatic rings. The van der Waals surface area contributed by atoms with E-state index in [1.807, 2.05) is 48.5 Å². The summed E-state index contributed by atoms with van der Waals surface area (Å²) in [7, 11) is 0. The molecule has 6 aliphatic rings. The summed E-state index contributed by atoms with van der Waals surface area (Å²) in [5.41, 5.74) is 7.57. The molecule has 0 aliphatic heterocycles. The molecule has 6 saturated carbocycles. The van der Waals surface area contributed by atoms with Gasteiger partial charge in [0.1, 0.15) is 0 Å². The van der Waals surface area contributed by atoms with Crippen molar-refractivity contribution in [2.45, 2.75) is 51.4 Å². The van der Waals surface area contributed by atoms with Gasteiger partial charge in [0.15, 0.2) is 0 Å². The van der Waals surface area contributed by atoms with Crippen LogP contribution in [-0.4, -0.2) is 28.8 Å². The molecule has 2 aromatic carbocycles. The zero-order valence-corrected chi connectivity index (χ0v) is 27.5. The van der Waals surface area contributed by atoms with Gasteiger partial charge in [-0.15, -0.1) is 0 Å². The number of halogens is 2. The Kier molecular flexibility index (Phi) is 7.47. The molecule has 0 radical (unpaired) electrons. The van der Waals surface area contributed by atoms with E-state index in [2.05, 4.69) is 42.5 Å². The molecule has 2 spiro atoms. The fourth-order valence-corrected chi connectivity index (χ4v) is 10.8. The maximum absolute atomic E-state index is 12.8. The molecule has 8 atom stereocenters. The number of nitrogens with two attached hydrogens (primary N) is 1. The second-order valence-corrected chi connectivity index (χ2v) is 15.7. The first-order valence-electron chi connectivity index (χ1n) is 15.7. The number of nitrogens with one attached hydrogen (secondary N) is 2. The lowest BCUT2D eigenvalue weighted by Crippen LogP contribution is -2.40. The van der Waals surface area contributed by atoms with Crippen LogP contribution in [0.2, 0.25) is 0 Å². The third-order valence-corrected chi connectivity index (χ3v) is 13.2. The highest BCUT2D eigenvalue weighted by molar-refractivity contribution is 9.10. The van der Waals surface area contributed by atoms with Gasteiger partial charge in [0, 0.05) is 20.3 Å². The van der Waals surface area contributed by atoms with Gasteiger partial charge in [-0.05, 0) is 134 Å². The topological polar surface area (TPSA) is 139 Å². The molecular weight excluding hydrogens is 690 g/mol. The quantitative estimate of drug-likeness (QED) is 0.271. The highest BCUT2D eigenvalue weighted by atomic mass is 79.9. The predicted molar refractivity (Wildman–Crippen MR) is 172 cm³/mol. The number of carbonyl (C=O) groups is 4. The largest absolute Gasteiger partial charge is 0.481 e. The smallest absolute Gasteiger partial charge is 0.307 e. The number of amides is 3. The van der Waals surface area contributed by atoms with Gasteiger partial charge in [-0.3, -0.25) is 19.2 Å². The van der Waals surface area contributed by atoms with Crippen molar-refractivity contribution < 1.29 is 24.3 Å². The van der Waals surface area contributed by atoms with Gasteiger partial charge in [0.05, 0.1) is 23.7 Å². The molecule has 0 aromatic heterocycles. The van der Waals surface area contributed by atoms with E-state index in [1.54, 1.807) is 0 Å². The van der Waals surface area contributed by atoms with E-state index in [9.17, 15) is 24.3 Å². The SMILES string of the molecule is NC(=O)C1C(C(=O)Nc2ccc(Br)cc2)C2CCC1C21CC1.O=C(O)C1C(C(=O)Nc2ccc(Br)cc2)C2CCC1C21CC1. The number of hydrogen-bond donors (Lipinski definition) is 4. The number of benzene rings is 2. The van der Waals surface area contributed by atoms with Gasteiger partial charge < -0.3 is 21.5 Å². The van der Waals surface area contributed by atoms with Crippen LogP contribution in [0.3, 0.4) is 0 Å². The molecule has 0 heterocycles. The third-order valence-electron chi connectivity index (χ3n) is 12.1.